The minimum Gasteiger partial charge on any atom is -0.356 e. The first kappa shape index (κ1) is 12.5. The number of rotatable bonds is 3. The predicted molar refractivity (Wildman–Crippen MR) is 72.3 cm³/mol. The van der Waals surface area contributed by atoms with E-state index in [1.54, 1.807) is 0 Å². The molecule has 0 bridgehead atoms. The van der Waals surface area contributed by atoms with Crippen LogP contribution >= 0.6 is 0 Å². The Balaban J connectivity index is 2.20. The van der Waals surface area contributed by atoms with E-state index in [0.29, 0.717) is 6.04 Å². The minimum atomic E-state index is 0.626. The van der Waals surface area contributed by atoms with Gasteiger partial charge in [0.15, 0.2) is 0 Å². The molecule has 1 N–H and O–H groups in total. The number of imidazole rings is 1. The summed E-state index contributed by atoms with van der Waals surface area (Å²) in [7, 11) is 0. The fraction of sp³-hybridized carbons (Fsp3) is 0.786. The molecule has 0 aliphatic heterocycles. The first-order valence-electron chi connectivity index (χ1n) is 6.91. The third-order valence-corrected chi connectivity index (χ3v) is 3.93. The Bertz CT molecular complexity index is 370. The summed E-state index contributed by atoms with van der Waals surface area (Å²) < 4.78 is 2.37. The van der Waals surface area contributed by atoms with Gasteiger partial charge >= 0.3 is 0 Å². The van der Waals surface area contributed by atoms with Crippen LogP contribution in [0.1, 0.15) is 51.8 Å². The summed E-state index contributed by atoms with van der Waals surface area (Å²) in [4.78, 5) is 4.58. The SMILES string of the molecule is CCNc1nc(C)cn1C1CCC(C)CC1C. The topological polar surface area (TPSA) is 29.9 Å². The molecule has 1 saturated carbocycles. The fourth-order valence-corrected chi connectivity index (χ4v) is 3.12. The van der Waals surface area contributed by atoms with Crippen molar-refractivity contribution < 1.29 is 0 Å². The molecule has 0 saturated heterocycles. The Morgan fingerprint density at radius 2 is 2.18 bits per heavy atom. The Labute approximate surface area is 105 Å². The van der Waals surface area contributed by atoms with E-state index in [4.69, 9.17) is 0 Å². The zero-order valence-electron chi connectivity index (χ0n) is 11.5. The van der Waals surface area contributed by atoms with Gasteiger partial charge < -0.3 is 9.88 Å². The van der Waals surface area contributed by atoms with E-state index in [9.17, 15) is 0 Å². The molecule has 96 valence electrons. The lowest BCUT2D eigenvalue weighted by molar-refractivity contribution is 0.209. The van der Waals surface area contributed by atoms with E-state index >= 15 is 0 Å². The van der Waals surface area contributed by atoms with Gasteiger partial charge in [-0.15, -0.1) is 0 Å². The molecule has 1 aromatic heterocycles. The predicted octanol–water partition coefficient (Wildman–Crippen LogP) is 3.62. The first-order chi connectivity index (χ1) is 8.11. The van der Waals surface area contributed by atoms with Crippen LogP contribution in [0.5, 0.6) is 0 Å². The Morgan fingerprint density at radius 3 is 2.82 bits per heavy atom. The zero-order valence-corrected chi connectivity index (χ0v) is 11.5. The number of nitrogens with zero attached hydrogens (tertiary/aromatic N) is 2. The van der Waals surface area contributed by atoms with Crippen molar-refractivity contribution in [3.05, 3.63) is 11.9 Å². The van der Waals surface area contributed by atoms with Gasteiger partial charge in [-0.3, -0.25) is 0 Å². The van der Waals surface area contributed by atoms with Gasteiger partial charge in [-0.25, -0.2) is 4.98 Å². The largest absolute Gasteiger partial charge is 0.356 e. The maximum absolute atomic E-state index is 4.58. The van der Waals surface area contributed by atoms with E-state index in [1.807, 2.05) is 0 Å². The Morgan fingerprint density at radius 1 is 1.41 bits per heavy atom. The maximum atomic E-state index is 4.58. The second-order valence-electron chi connectivity index (χ2n) is 5.61. The summed E-state index contributed by atoms with van der Waals surface area (Å²) in [6.07, 6.45) is 6.18. The molecule has 0 aromatic carbocycles. The van der Waals surface area contributed by atoms with E-state index < -0.39 is 0 Å². The van der Waals surface area contributed by atoms with Gasteiger partial charge in [0.1, 0.15) is 0 Å². The Hall–Kier alpha value is -0.990. The average molecular weight is 235 g/mol. The second-order valence-corrected chi connectivity index (χ2v) is 5.61. The lowest BCUT2D eigenvalue weighted by Crippen LogP contribution is -2.25. The van der Waals surface area contributed by atoms with Crippen LogP contribution in [0.2, 0.25) is 0 Å². The van der Waals surface area contributed by atoms with E-state index in [2.05, 4.69) is 48.8 Å². The minimum absolute atomic E-state index is 0.626. The van der Waals surface area contributed by atoms with Crippen LogP contribution in [0.3, 0.4) is 0 Å². The van der Waals surface area contributed by atoms with Gasteiger partial charge in [-0.2, -0.15) is 0 Å². The van der Waals surface area contributed by atoms with Crippen molar-refractivity contribution in [2.45, 2.75) is 53.0 Å². The molecule has 1 fully saturated rings. The van der Waals surface area contributed by atoms with Gasteiger partial charge in [-0.1, -0.05) is 13.8 Å². The maximum Gasteiger partial charge on any atom is 0.203 e. The van der Waals surface area contributed by atoms with Crippen molar-refractivity contribution in [1.82, 2.24) is 9.55 Å². The van der Waals surface area contributed by atoms with Gasteiger partial charge in [0.05, 0.1) is 5.69 Å². The number of anilines is 1. The summed E-state index contributed by atoms with van der Waals surface area (Å²) in [5.74, 6) is 2.69. The number of aromatic nitrogens is 2. The van der Waals surface area contributed by atoms with Gasteiger partial charge in [-0.05, 0) is 44.9 Å². The molecule has 17 heavy (non-hydrogen) atoms. The smallest absolute Gasteiger partial charge is 0.203 e. The van der Waals surface area contributed by atoms with Crippen molar-refractivity contribution >= 4 is 5.95 Å². The van der Waals surface area contributed by atoms with Gasteiger partial charge in [0, 0.05) is 18.8 Å². The summed E-state index contributed by atoms with van der Waals surface area (Å²) in [5.41, 5.74) is 1.12. The lowest BCUT2D eigenvalue weighted by atomic mass is 9.80. The van der Waals surface area contributed by atoms with E-state index in [1.165, 1.54) is 19.3 Å². The molecule has 1 heterocycles. The number of hydrogen-bond acceptors (Lipinski definition) is 2. The number of hydrogen-bond donors (Lipinski definition) is 1. The quantitative estimate of drug-likeness (QED) is 0.867. The van der Waals surface area contributed by atoms with Gasteiger partial charge in [0.25, 0.3) is 0 Å². The molecule has 0 radical (unpaired) electrons. The standard InChI is InChI=1S/C14H25N3/c1-5-15-14-16-12(4)9-17(14)13-7-6-10(2)8-11(13)3/h9-11,13H,5-8H2,1-4H3,(H,15,16). The molecule has 1 aromatic rings. The van der Waals surface area contributed by atoms with Crippen LogP contribution in [0.4, 0.5) is 5.95 Å². The monoisotopic (exact) mass is 235 g/mol. The molecule has 3 unspecified atom stereocenters. The molecule has 1 aliphatic rings. The normalized spacial score (nSPS) is 29.3. The highest BCUT2D eigenvalue weighted by Gasteiger charge is 2.28. The van der Waals surface area contributed by atoms with E-state index in [-0.39, 0.29) is 0 Å². The summed E-state index contributed by atoms with van der Waals surface area (Å²) in [6, 6.07) is 0.626. The van der Waals surface area contributed by atoms with Crippen molar-refractivity contribution in [2.24, 2.45) is 11.8 Å². The van der Waals surface area contributed by atoms with Crippen LogP contribution in [-0.4, -0.2) is 16.1 Å². The van der Waals surface area contributed by atoms with Crippen LogP contribution in [0, 0.1) is 18.8 Å². The molecule has 3 atom stereocenters. The molecule has 0 amide bonds. The van der Waals surface area contributed by atoms with E-state index in [0.717, 1.165) is 30.0 Å². The third kappa shape index (κ3) is 2.64. The highest BCUT2D eigenvalue weighted by atomic mass is 15.2. The zero-order chi connectivity index (χ0) is 12.4. The highest BCUT2D eigenvalue weighted by Crippen LogP contribution is 2.38. The fourth-order valence-electron chi connectivity index (χ4n) is 3.12. The summed E-state index contributed by atoms with van der Waals surface area (Å²) in [5, 5.41) is 3.38. The van der Waals surface area contributed by atoms with Crippen LogP contribution in [0.25, 0.3) is 0 Å². The third-order valence-electron chi connectivity index (χ3n) is 3.93. The molecule has 2 rings (SSSR count). The van der Waals surface area contributed by atoms with Gasteiger partial charge in [0.2, 0.25) is 5.95 Å². The molecule has 3 heteroatoms. The van der Waals surface area contributed by atoms with Crippen molar-refractivity contribution in [3.8, 4) is 0 Å². The number of nitrogens with one attached hydrogen (secondary N) is 1. The molecular weight excluding hydrogens is 210 g/mol. The first-order valence-corrected chi connectivity index (χ1v) is 6.91. The van der Waals surface area contributed by atoms with Crippen molar-refractivity contribution in [2.75, 3.05) is 11.9 Å². The lowest BCUT2D eigenvalue weighted by Gasteiger charge is -2.34. The average Bonchev–Trinajstić information content (AvgIpc) is 2.60. The molecular formula is C14H25N3. The second kappa shape index (κ2) is 5.11. The van der Waals surface area contributed by atoms with Crippen LogP contribution in [-0.2, 0) is 0 Å². The van der Waals surface area contributed by atoms with Crippen molar-refractivity contribution in [1.29, 1.82) is 0 Å². The molecule has 0 spiro atoms. The van der Waals surface area contributed by atoms with Crippen LogP contribution in [0.15, 0.2) is 6.20 Å². The summed E-state index contributed by atoms with van der Waals surface area (Å²) >= 11 is 0. The highest BCUT2D eigenvalue weighted by molar-refractivity contribution is 5.29. The molecule has 3 nitrogen and oxygen atoms in total. The van der Waals surface area contributed by atoms with Crippen molar-refractivity contribution in [3.63, 3.8) is 0 Å². The number of aryl methyl sites for hydroxylation is 1. The summed E-state index contributed by atoms with van der Waals surface area (Å²) in [6.45, 7) is 9.89. The van der Waals surface area contributed by atoms with Crippen LogP contribution < -0.4 is 5.32 Å². The molecule has 1 aliphatic carbocycles. The Kier molecular flexibility index (Phi) is 3.75.